The topological polar surface area (TPSA) is 271 Å². The smallest absolute Gasteiger partial charge is 0.343 e. The Hall–Kier alpha value is -6.96. The Kier molecular flexibility index (Phi) is 14.4. The summed E-state index contributed by atoms with van der Waals surface area (Å²) in [6.45, 7) is 12.0. The summed E-state index contributed by atoms with van der Waals surface area (Å²) in [5.74, 6) is -4.77. The van der Waals surface area contributed by atoms with Crippen molar-refractivity contribution in [1.29, 1.82) is 0 Å². The highest BCUT2D eigenvalue weighted by Gasteiger charge is 2.46. The Balaban J connectivity index is 1.01. The molecule has 4 aliphatic rings. The van der Waals surface area contributed by atoms with Crippen molar-refractivity contribution in [3.63, 3.8) is 0 Å². The normalized spacial score (nSPS) is 18.1. The van der Waals surface area contributed by atoms with Gasteiger partial charge in [0.25, 0.3) is 17.4 Å². The predicted molar refractivity (Wildman–Crippen MR) is 248 cm³/mol. The summed E-state index contributed by atoms with van der Waals surface area (Å²) in [7, 11) is 0. The van der Waals surface area contributed by atoms with Crippen LogP contribution in [0, 0.1) is 5.92 Å². The number of carbonyl (C=O) groups is 8. The zero-order chi connectivity index (χ0) is 50.1. The van der Waals surface area contributed by atoms with Crippen LogP contribution in [-0.2, 0) is 73.0 Å². The number of hydrogen-bond acceptors (Lipinski definition) is 14. The molecule has 0 bridgehead atoms. The van der Waals surface area contributed by atoms with E-state index in [9.17, 15) is 48.3 Å². The molecule has 1 aromatic carbocycles. The molecule has 5 N–H and O–H groups in total. The number of nitrogens with one attached hydrogen (secondary N) is 4. The summed E-state index contributed by atoms with van der Waals surface area (Å²) in [4.78, 5) is 123. The highest BCUT2D eigenvalue weighted by atomic mass is 16.6. The van der Waals surface area contributed by atoms with Crippen LogP contribution in [0.2, 0.25) is 0 Å². The number of fused-ring (bicyclic) bond motifs is 5. The van der Waals surface area contributed by atoms with E-state index < -0.39 is 70.8 Å². The third-order valence-corrected chi connectivity index (χ3v) is 12.7. The molecular formula is C49H59N7O13. The van der Waals surface area contributed by atoms with Crippen molar-refractivity contribution in [3.8, 4) is 17.1 Å². The average Bonchev–Trinajstić information content (AvgIpc) is 3.83. The number of pyridine rings is 2. The van der Waals surface area contributed by atoms with Crippen LogP contribution in [0.4, 0.5) is 5.69 Å². The average molecular weight is 954 g/mol. The number of aliphatic hydroxyl groups is 1. The number of esters is 2. The van der Waals surface area contributed by atoms with Crippen LogP contribution < -0.4 is 31.6 Å². The SMILES string of the molecule is CC[C@@]1(O)C(=O)OCc2c1cc1n(c2=O)Cc2c-1nc1ccc(NC(=O)[C@H](C)NC(=O)[C@@H](NC(=O)[C@H](CCC(=O)OC(C)(C)C)NC(=O)CCCCCN3C(=O)C=CC3=O)C(C)C)c3c1c2CCO3. The fraction of sp³-hybridized carbons (Fsp3) is 0.510. The number of rotatable bonds is 18. The van der Waals surface area contributed by atoms with Crippen molar-refractivity contribution in [2.45, 2.75) is 142 Å². The van der Waals surface area contributed by atoms with Crippen LogP contribution in [0.25, 0.3) is 22.3 Å². The van der Waals surface area contributed by atoms with E-state index in [1.807, 2.05) is 0 Å². The number of nitrogens with zero attached hydrogens (tertiary/aromatic N) is 3. The molecule has 0 saturated carbocycles. The van der Waals surface area contributed by atoms with E-state index in [-0.39, 0.29) is 80.5 Å². The minimum Gasteiger partial charge on any atom is -0.490 e. The summed E-state index contributed by atoms with van der Waals surface area (Å²) in [5.41, 5.74) is 0.768. The summed E-state index contributed by atoms with van der Waals surface area (Å²) >= 11 is 0. The second kappa shape index (κ2) is 19.9. The maximum absolute atomic E-state index is 13.8. The molecule has 7 rings (SSSR count). The van der Waals surface area contributed by atoms with E-state index in [1.165, 1.54) is 19.1 Å². The molecule has 368 valence electrons. The largest absolute Gasteiger partial charge is 0.490 e. The number of anilines is 1. The molecule has 6 amide bonds. The molecule has 0 fully saturated rings. The van der Waals surface area contributed by atoms with Gasteiger partial charge in [0.05, 0.1) is 41.3 Å². The fourth-order valence-electron chi connectivity index (χ4n) is 8.98. The number of amides is 6. The third-order valence-electron chi connectivity index (χ3n) is 12.7. The molecule has 20 heteroatoms. The number of imide groups is 1. The first kappa shape index (κ1) is 49.9. The van der Waals surface area contributed by atoms with Crippen molar-refractivity contribution in [3.05, 3.63) is 63.0 Å². The van der Waals surface area contributed by atoms with Crippen LogP contribution in [0.5, 0.6) is 5.75 Å². The number of ether oxygens (including phenoxy) is 3. The van der Waals surface area contributed by atoms with Crippen molar-refractivity contribution < 1.29 is 57.7 Å². The zero-order valence-corrected chi connectivity index (χ0v) is 39.9. The number of cyclic esters (lactones) is 1. The molecule has 6 heterocycles. The lowest BCUT2D eigenvalue weighted by molar-refractivity contribution is -0.172. The fourth-order valence-corrected chi connectivity index (χ4v) is 8.98. The Labute approximate surface area is 397 Å². The number of unbranched alkanes of at least 4 members (excludes halogenated alkanes) is 2. The van der Waals surface area contributed by atoms with Gasteiger partial charge >= 0.3 is 11.9 Å². The quantitative estimate of drug-likeness (QED) is 0.0546. The molecule has 4 atom stereocenters. The molecule has 0 unspecified atom stereocenters. The van der Waals surface area contributed by atoms with Crippen molar-refractivity contribution in [2.24, 2.45) is 5.92 Å². The minimum atomic E-state index is -1.97. The monoisotopic (exact) mass is 953 g/mol. The van der Waals surface area contributed by atoms with E-state index in [1.54, 1.807) is 64.3 Å². The van der Waals surface area contributed by atoms with Crippen molar-refractivity contribution in [2.75, 3.05) is 18.5 Å². The number of carbonyl (C=O) groups excluding carboxylic acids is 8. The molecule has 2 aromatic heterocycles. The second-order valence-electron chi connectivity index (χ2n) is 19.1. The van der Waals surface area contributed by atoms with Gasteiger partial charge in [-0.25, -0.2) is 9.78 Å². The Morgan fingerprint density at radius 2 is 1.61 bits per heavy atom. The van der Waals surface area contributed by atoms with E-state index in [2.05, 4.69) is 21.3 Å². The Bertz CT molecular complexity index is 2720. The first-order valence-corrected chi connectivity index (χ1v) is 23.4. The number of hydrogen-bond donors (Lipinski definition) is 5. The van der Waals surface area contributed by atoms with E-state index >= 15 is 0 Å². The van der Waals surface area contributed by atoms with Gasteiger partial charge in [0.15, 0.2) is 11.4 Å². The van der Waals surface area contributed by atoms with Crippen LogP contribution in [-0.4, -0.2) is 104 Å². The zero-order valence-electron chi connectivity index (χ0n) is 39.9. The van der Waals surface area contributed by atoms with Crippen molar-refractivity contribution >= 4 is 64.0 Å². The Morgan fingerprint density at radius 3 is 2.29 bits per heavy atom. The van der Waals surface area contributed by atoms with Gasteiger partial charge in [0.1, 0.15) is 30.3 Å². The summed E-state index contributed by atoms with van der Waals surface area (Å²) in [6, 6.07) is 1.48. The first-order chi connectivity index (χ1) is 32.6. The highest BCUT2D eigenvalue weighted by Crippen LogP contribution is 2.45. The van der Waals surface area contributed by atoms with Gasteiger partial charge < -0.3 is 45.2 Å². The van der Waals surface area contributed by atoms with Crippen LogP contribution in [0.3, 0.4) is 0 Å². The molecule has 0 radical (unpaired) electrons. The van der Waals surface area contributed by atoms with Gasteiger partial charge in [0, 0.05) is 54.5 Å². The Morgan fingerprint density at radius 1 is 0.884 bits per heavy atom. The van der Waals surface area contributed by atoms with Crippen molar-refractivity contribution in [1.82, 2.24) is 30.4 Å². The highest BCUT2D eigenvalue weighted by molar-refractivity contribution is 6.13. The third kappa shape index (κ3) is 10.4. The van der Waals surface area contributed by atoms with Gasteiger partial charge in [-0.15, -0.1) is 0 Å². The van der Waals surface area contributed by atoms with Gasteiger partial charge in [-0.1, -0.05) is 27.2 Å². The minimum absolute atomic E-state index is 0.0108. The molecule has 0 saturated heterocycles. The van der Waals surface area contributed by atoms with Gasteiger partial charge in [-0.2, -0.15) is 0 Å². The maximum atomic E-state index is 13.8. The number of benzene rings is 1. The number of aromatic nitrogens is 2. The first-order valence-electron chi connectivity index (χ1n) is 23.4. The summed E-state index contributed by atoms with van der Waals surface area (Å²) < 4.78 is 18.3. The summed E-state index contributed by atoms with van der Waals surface area (Å²) in [5, 5.41) is 22.9. The molecule has 69 heavy (non-hydrogen) atoms. The molecule has 0 spiro atoms. The summed E-state index contributed by atoms with van der Waals surface area (Å²) in [6.07, 6.45) is 3.96. The van der Waals surface area contributed by atoms with Gasteiger partial charge in [-0.05, 0) is 83.1 Å². The maximum Gasteiger partial charge on any atom is 0.343 e. The van der Waals surface area contributed by atoms with Crippen LogP contribution in [0.1, 0.15) is 116 Å². The molecule has 0 aliphatic carbocycles. The second-order valence-corrected chi connectivity index (χ2v) is 19.1. The van der Waals surface area contributed by atoms with Crippen LogP contribution >= 0.6 is 0 Å². The van der Waals surface area contributed by atoms with E-state index in [0.717, 1.165) is 16.0 Å². The lowest BCUT2D eigenvalue weighted by Gasteiger charge is -2.31. The molecule has 4 aliphatic heterocycles. The molecule has 3 aromatic rings. The standard InChI is InChI=1S/C49H59N7O13/c1-8-49(66)30-22-34-41-28(23-56(34)46(64)29(30)24-68-47(49)65)27-19-21-67-42-32(14-13-31(52-41)39(27)42)53-43(61)26(4)50-45(63)40(25(2)3)54-44(62)33(15-18-38(60)69-48(5,6)7)51-35(57)12-10-9-11-20-55-36(58)16-17-37(55)59/h13-14,16-17,22,25-26,33,40,66H,8-12,15,18-21,23-24H2,1-7H3,(H,50,63)(H,51,57)(H,53,61)(H,54,62)/t26-,33-,40-,49-/m0/s1. The molecule has 20 nitrogen and oxygen atoms in total. The van der Waals surface area contributed by atoms with Crippen LogP contribution in [0.15, 0.2) is 35.1 Å². The lowest BCUT2D eigenvalue weighted by Crippen LogP contribution is -2.57. The van der Waals surface area contributed by atoms with E-state index in [0.29, 0.717) is 59.4 Å². The van der Waals surface area contributed by atoms with Gasteiger partial charge in [0.2, 0.25) is 23.6 Å². The van der Waals surface area contributed by atoms with E-state index in [4.69, 9.17) is 19.2 Å². The van der Waals surface area contributed by atoms with Gasteiger partial charge in [-0.3, -0.25) is 43.3 Å². The lowest BCUT2D eigenvalue weighted by atomic mass is 9.86. The molecular weight excluding hydrogens is 895 g/mol. The predicted octanol–water partition coefficient (Wildman–Crippen LogP) is 2.69.